The van der Waals surface area contributed by atoms with E-state index in [2.05, 4.69) is 0 Å². The van der Waals surface area contributed by atoms with Crippen LogP contribution in [0.3, 0.4) is 0 Å². The van der Waals surface area contributed by atoms with E-state index < -0.39 is 12.6 Å². The van der Waals surface area contributed by atoms with Crippen molar-refractivity contribution >= 4 is 6.29 Å². The molecule has 0 heterocycles. The van der Waals surface area contributed by atoms with Crippen LogP contribution in [0.25, 0.3) is 0 Å². The molecule has 0 spiro atoms. The number of aliphatic hydroxyl groups is 4. The quantitative estimate of drug-likeness (QED) is 0.408. The highest BCUT2D eigenvalue weighted by atomic mass is 16.5. The van der Waals surface area contributed by atoms with Crippen LogP contribution in [0.1, 0.15) is 34.1 Å². The first-order chi connectivity index (χ1) is 7.52. The minimum Gasteiger partial charge on any atom is -0.496 e. The van der Waals surface area contributed by atoms with Gasteiger partial charge in [0.2, 0.25) is 0 Å². The highest BCUT2D eigenvalue weighted by molar-refractivity contribution is 5.79. The second-order valence-corrected chi connectivity index (χ2v) is 3.05. The first-order valence-electron chi connectivity index (χ1n) is 4.41. The highest BCUT2D eigenvalue weighted by Gasteiger charge is 2.23. The van der Waals surface area contributed by atoms with Crippen molar-refractivity contribution in [2.24, 2.45) is 0 Å². The minimum absolute atomic E-state index is 0.0427. The van der Waals surface area contributed by atoms with Gasteiger partial charge in [-0.15, -0.1) is 0 Å². The maximum absolute atomic E-state index is 10.7. The van der Waals surface area contributed by atoms with Gasteiger partial charge in [0.25, 0.3) is 0 Å². The van der Waals surface area contributed by atoms with Crippen molar-refractivity contribution in [1.29, 1.82) is 0 Å². The summed E-state index contributed by atoms with van der Waals surface area (Å²) in [6.07, 6.45) is -3.57. The summed E-state index contributed by atoms with van der Waals surface area (Å²) in [5, 5.41) is 36.5. The summed E-state index contributed by atoms with van der Waals surface area (Å²) in [6.45, 7) is 0. The first-order valence-corrected chi connectivity index (χ1v) is 4.41. The van der Waals surface area contributed by atoms with E-state index in [9.17, 15) is 4.79 Å². The van der Waals surface area contributed by atoms with Gasteiger partial charge in [0, 0.05) is 11.1 Å². The molecule has 0 aliphatic rings. The monoisotopic (exact) mass is 228 g/mol. The molecule has 0 radical (unpaired) electrons. The van der Waals surface area contributed by atoms with Gasteiger partial charge in [0.05, 0.1) is 12.7 Å². The van der Waals surface area contributed by atoms with Crippen LogP contribution in [0.15, 0.2) is 12.1 Å². The van der Waals surface area contributed by atoms with Crippen molar-refractivity contribution < 1.29 is 30.0 Å². The molecule has 16 heavy (non-hydrogen) atoms. The van der Waals surface area contributed by atoms with Crippen molar-refractivity contribution in [3.63, 3.8) is 0 Å². The predicted octanol–water partition coefficient (Wildman–Crippen LogP) is -0.526. The lowest BCUT2D eigenvalue weighted by Crippen LogP contribution is -2.11. The van der Waals surface area contributed by atoms with Crippen LogP contribution in [0, 0.1) is 0 Å². The number of methoxy groups -OCH3 is 1. The molecule has 0 bridgehead atoms. The Morgan fingerprint density at radius 2 is 1.69 bits per heavy atom. The molecule has 6 heteroatoms. The van der Waals surface area contributed by atoms with Gasteiger partial charge < -0.3 is 25.2 Å². The van der Waals surface area contributed by atoms with Gasteiger partial charge in [-0.25, -0.2) is 0 Å². The van der Waals surface area contributed by atoms with Crippen LogP contribution in [-0.4, -0.2) is 33.8 Å². The van der Waals surface area contributed by atoms with E-state index in [4.69, 9.17) is 25.2 Å². The Balaban J connectivity index is 3.53. The molecule has 0 amide bonds. The van der Waals surface area contributed by atoms with Gasteiger partial charge in [-0.2, -0.15) is 0 Å². The van der Waals surface area contributed by atoms with Crippen molar-refractivity contribution in [2.75, 3.05) is 7.11 Å². The fourth-order valence-corrected chi connectivity index (χ4v) is 1.47. The molecule has 0 aliphatic heterocycles. The zero-order chi connectivity index (χ0) is 12.3. The maximum atomic E-state index is 10.7. The van der Waals surface area contributed by atoms with Gasteiger partial charge in [0.1, 0.15) is 5.75 Å². The largest absolute Gasteiger partial charge is 0.496 e. The molecule has 0 saturated carbocycles. The van der Waals surface area contributed by atoms with Crippen molar-refractivity contribution in [3.05, 3.63) is 28.8 Å². The van der Waals surface area contributed by atoms with Crippen molar-refractivity contribution in [1.82, 2.24) is 0 Å². The summed E-state index contributed by atoms with van der Waals surface area (Å²) < 4.78 is 4.84. The van der Waals surface area contributed by atoms with E-state index in [0.717, 1.165) is 0 Å². The van der Waals surface area contributed by atoms with E-state index in [1.807, 2.05) is 0 Å². The third kappa shape index (κ3) is 2.20. The standard InChI is InChI=1S/C10H12O6/c1-16-6-3-2-5(4-11)7(9(12)13)8(6)10(14)15/h2-4,9-10,12-15H,1H3. The molecular weight excluding hydrogens is 216 g/mol. The average molecular weight is 228 g/mol. The number of aldehydes is 1. The number of aliphatic hydroxyl groups excluding tert-OH is 2. The van der Waals surface area contributed by atoms with Crippen LogP contribution < -0.4 is 4.74 Å². The molecule has 0 aromatic heterocycles. The number of hydrogen-bond donors (Lipinski definition) is 4. The number of ether oxygens (including phenoxy) is 1. The lowest BCUT2D eigenvalue weighted by Gasteiger charge is -2.18. The molecule has 88 valence electrons. The summed E-state index contributed by atoms with van der Waals surface area (Å²) >= 11 is 0. The van der Waals surface area contributed by atoms with E-state index in [-0.39, 0.29) is 22.4 Å². The summed E-state index contributed by atoms with van der Waals surface area (Å²) in [5.41, 5.74) is -0.551. The third-order valence-corrected chi connectivity index (χ3v) is 2.14. The van der Waals surface area contributed by atoms with Crippen LogP contribution in [0.4, 0.5) is 0 Å². The zero-order valence-electron chi connectivity index (χ0n) is 8.49. The Kier molecular flexibility index (Phi) is 3.97. The molecule has 1 rings (SSSR count). The lowest BCUT2D eigenvalue weighted by molar-refractivity contribution is -0.0647. The molecule has 0 unspecified atom stereocenters. The topological polar surface area (TPSA) is 107 Å². The van der Waals surface area contributed by atoms with Crippen molar-refractivity contribution in [3.8, 4) is 5.75 Å². The normalized spacial score (nSPS) is 10.9. The Morgan fingerprint density at radius 3 is 2.06 bits per heavy atom. The smallest absolute Gasteiger partial charge is 0.182 e. The molecule has 1 aromatic carbocycles. The predicted molar refractivity (Wildman–Crippen MR) is 52.7 cm³/mol. The van der Waals surface area contributed by atoms with Crippen molar-refractivity contribution in [2.45, 2.75) is 12.6 Å². The van der Waals surface area contributed by atoms with E-state index in [0.29, 0.717) is 6.29 Å². The van der Waals surface area contributed by atoms with E-state index in [1.165, 1.54) is 19.2 Å². The number of rotatable bonds is 4. The Bertz CT molecular complexity index is 385. The summed E-state index contributed by atoms with van der Waals surface area (Å²) in [7, 11) is 1.29. The van der Waals surface area contributed by atoms with Gasteiger partial charge in [-0.1, -0.05) is 0 Å². The fourth-order valence-electron chi connectivity index (χ4n) is 1.47. The fraction of sp³-hybridized carbons (Fsp3) is 0.300. The second kappa shape index (κ2) is 5.04. The molecule has 6 nitrogen and oxygen atoms in total. The molecular formula is C10H12O6. The minimum atomic E-state index is -1.99. The maximum Gasteiger partial charge on any atom is 0.182 e. The Morgan fingerprint density at radius 1 is 1.12 bits per heavy atom. The molecule has 0 atom stereocenters. The van der Waals surface area contributed by atoms with Crippen LogP contribution in [0.2, 0.25) is 0 Å². The van der Waals surface area contributed by atoms with E-state index >= 15 is 0 Å². The van der Waals surface area contributed by atoms with Crippen LogP contribution in [-0.2, 0) is 0 Å². The first kappa shape index (κ1) is 12.6. The Labute approximate surface area is 91.3 Å². The number of benzene rings is 1. The summed E-state index contributed by atoms with van der Waals surface area (Å²) in [5.74, 6) is 0.0590. The molecule has 4 N–H and O–H groups in total. The number of carbonyl (C=O) groups is 1. The van der Waals surface area contributed by atoms with E-state index in [1.54, 1.807) is 0 Å². The molecule has 0 fully saturated rings. The Hall–Kier alpha value is -1.47. The number of hydrogen-bond acceptors (Lipinski definition) is 6. The third-order valence-electron chi connectivity index (χ3n) is 2.14. The second-order valence-electron chi connectivity index (χ2n) is 3.05. The van der Waals surface area contributed by atoms with Gasteiger partial charge >= 0.3 is 0 Å². The molecule has 1 aromatic rings. The highest BCUT2D eigenvalue weighted by Crippen LogP contribution is 2.32. The lowest BCUT2D eigenvalue weighted by atomic mass is 9.99. The average Bonchev–Trinajstić information content (AvgIpc) is 2.26. The molecule has 0 saturated heterocycles. The SMILES string of the molecule is COc1ccc(C=O)c(C(O)O)c1C(O)O. The van der Waals surface area contributed by atoms with Crippen LogP contribution >= 0.6 is 0 Å². The van der Waals surface area contributed by atoms with Gasteiger partial charge in [-0.05, 0) is 12.1 Å². The van der Waals surface area contributed by atoms with Crippen LogP contribution in [0.5, 0.6) is 5.75 Å². The van der Waals surface area contributed by atoms with Gasteiger partial charge in [-0.3, -0.25) is 4.79 Å². The zero-order valence-corrected chi connectivity index (χ0v) is 8.49. The molecule has 0 aliphatic carbocycles. The number of carbonyl (C=O) groups excluding carboxylic acids is 1. The summed E-state index contributed by atoms with van der Waals surface area (Å²) in [4.78, 5) is 10.7. The van der Waals surface area contributed by atoms with Gasteiger partial charge in [0.15, 0.2) is 18.9 Å². The summed E-state index contributed by atoms with van der Waals surface area (Å²) in [6, 6.07) is 2.64.